The number of carbonyl (C=O) groups is 1. The number of rotatable bonds is 5. The van der Waals surface area contributed by atoms with Gasteiger partial charge in [-0.05, 0) is 31.2 Å². The van der Waals surface area contributed by atoms with Gasteiger partial charge in [-0.3, -0.25) is 9.10 Å². The first-order valence-electron chi connectivity index (χ1n) is 7.01. The van der Waals surface area contributed by atoms with Crippen LogP contribution in [0.1, 0.15) is 6.92 Å². The highest BCUT2D eigenvalue weighted by Crippen LogP contribution is 2.30. The highest BCUT2D eigenvalue weighted by atomic mass is 35.5. The third kappa shape index (κ3) is 4.20. The third-order valence-corrected chi connectivity index (χ3v) is 5.18. The van der Waals surface area contributed by atoms with E-state index in [2.05, 4.69) is 5.32 Å². The minimum atomic E-state index is -3.67. The Balaban J connectivity index is 2.33. The zero-order valence-corrected chi connectivity index (χ0v) is 15.4. The molecule has 0 unspecified atom stereocenters. The summed E-state index contributed by atoms with van der Waals surface area (Å²) < 4.78 is 25.4. The van der Waals surface area contributed by atoms with E-state index in [1.807, 2.05) is 0 Å². The van der Waals surface area contributed by atoms with Crippen LogP contribution in [0.3, 0.4) is 0 Å². The van der Waals surface area contributed by atoms with Crippen LogP contribution in [0.4, 0.5) is 11.4 Å². The second-order valence-corrected chi connectivity index (χ2v) is 7.83. The maximum atomic E-state index is 12.5. The van der Waals surface area contributed by atoms with Crippen LogP contribution >= 0.6 is 23.2 Å². The molecule has 8 heteroatoms. The van der Waals surface area contributed by atoms with Gasteiger partial charge in [0.05, 0.1) is 27.7 Å². The Kier molecular flexibility index (Phi) is 5.74. The fourth-order valence-corrected chi connectivity index (χ4v) is 3.90. The largest absolute Gasteiger partial charge is 0.322 e. The molecule has 0 bridgehead atoms. The monoisotopic (exact) mass is 386 g/mol. The molecule has 0 saturated heterocycles. The number of anilines is 2. The quantitative estimate of drug-likeness (QED) is 0.849. The van der Waals surface area contributed by atoms with Crippen molar-refractivity contribution in [2.75, 3.05) is 15.9 Å². The average Bonchev–Trinajstić information content (AvgIpc) is 2.50. The SMILES string of the molecule is C[C@@H](C(=O)Nc1c(Cl)cccc1Cl)N(c1ccccc1)S(C)(=O)=O. The van der Waals surface area contributed by atoms with Crippen LogP contribution in [-0.4, -0.2) is 26.6 Å². The van der Waals surface area contributed by atoms with Crippen LogP contribution in [-0.2, 0) is 14.8 Å². The van der Waals surface area contributed by atoms with Crippen molar-refractivity contribution in [3.63, 3.8) is 0 Å². The number of nitrogens with one attached hydrogen (secondary N) is 1. The number of hydrogen-bond acceptors (Lipinski definition) is 3. The van der Waals surface area contributed by atoms with Gasteiger partial charge in [-0.2, -0.15) is 0 Å². The molecule has 0 radical (unpaired) electrons. The van der Waals surface area contributed by atoms with Crippen LogP contribution in [0.5, 0.6) is 0 Å². The van der Waals surface area contributed by atoms with E-state index in [4.69, 9.17) is 23.2 Å². The van der Waals surface area contributed by atoms with E-state index in [1.54, 1.807) is 48.5 Å². The molecule has 0 fully saturated rings. The summed E-state index contributed by atoms with van der Waals surface area (Å²) in [7, 11) is -3.67. The lowest BCUT2D eigenvalue weighted by Crippen LogP contribution is -2.45. The van der Waals surface area contributed by atoms with Crippen LogP contribution < -0.4 is 9.62 Å². The van der Waals surface area contributed by atoms with Gasteiger partial charge in [0.25, 0.3) is 0 Å². The second kappa shape index (κ2) is 7.42. The smallest absolute Gasteiger partial charge is 0.248 e. The van der Waals surface area contributed by atoms with Gasteiger partial charge in [0.2, 0.25) is 15.9 Å². The maximum Gasteiger partial charge on any atom is 0.248 e. The Hall–Kier alpha value is -1.76. The Labute approximate surface area is 151 Å². The van der Waals surface area contributed by atoms with Crippen LogP contribution in [0.2, 0.25) is 10.0 Å². The zero-order chi connectivity index (χ0) is 17.9. The van der Waals surface area contributed by atoms with Crippen molar-refractivity contribution in [1.82, 2.24) is 0 Å². The number of sulfonamides is 1. The Morgan fingerprint density at radius 3 is 2.08 bits per heavy atom. The Morgan fingerprint density at radius 2 is 1.58 bits per heavy atom. The summed E-state index contributed by atoms with van der Waals surface area (Å²) in [6, 6.07) is 12.2. The second-order valence-electron chi connectivity index (χ2n) is 5.16. The lowest BCUT2D eigenvalue weighted by molar-refractivity contribution is -0.116. The van der Waals surface area contributed by atoms with Crippen molar-refractivity contribution in [2.45, 2.75) is 13.0 Å². The van der Waals surface area contributed by atoms with E-state index in [9.17, 15) is 13.2 Å². The summed E-state index contributed by atoms with van der Waals surface area (Å²) in [5, 5.41) is 3.14. The molecule has 2 rings (SSSR count). The van der Waals surface area contributed by atoms with E-state index in [1.165, 1.54) is 6.92 Å². The zero-order valence-electron chi connectivity index (χ0n) is 13.0. The van der Waals surface area contributed by atoms with E-state index in [-0.39, 0.29) is 15.7 Å². The number of para-hydroxylation sites is 2. The van der Waals surface area contributed by atoms with Gasteiger partial charge in [-0.15, -0.1) is 0 Å². The molecular formula is C16H16Cl2N2O3S. The molecule has 2 aromatic carbocycles. The van der Waals surface area contributed by atoms with Gasteiger partial charge in [-0.1, -0.05) is 47.5 Å². The minimum Gasteiger partial charge on any atom is -0.322 e. The van der Waals surface area contributed by atoms with Crippen molar-refractivity contribution in [3.8, 4) is 0 Å². The molecule has 128 valence electrons. The number of hydrogen-bond donors (Lipinski definition) is 1. The van der Waals surface area contributed by atoms with E-state index < -0.39 is 22.0 Å². The van der Waals surface area contributed by atoms with Crippen molar-refractivity contribution >= 4 is 50.5 Å². The van der Waals surface area contributed by atoms with E-state index in [0.29, 0.717) is 5.69 Å². The molecule has 0 aliphatic rings. The minimum absolute atomic E-state index is 0.249. The van der Waals surface area contributed by atoms with Crippen LogP contribution in [0.25, 0.3) is 0 Å². The molecule has 0 saturated carbocycles. The van der Waals surface area contributed by atoms with Crippen molar-refractivity contribution in [1.29, 1.82) is 0 Å². The summed E-state index contributed by atoms with van der Waals surface area (Å²) in [5.41, 5.74) is 0.645. The molecule has 0 heterocycles. The van der Waals surface area contributed by atoms with Crippen LogP contribution in [0.15, 0.2) is 48.5 Å². The highest BCUT2D eigenvalue weighted by Gasteiger charge is 2.29. The molecule has 2 aromatic rings. The molecule has 24 heavy (non-hydrogen) atoms. The van der Waals surface area contributed by atoms with Crippen molar-refractivity contribution in [3.05, 3.63) is 58.6 Å². The number of halogens is 2. The van der Waals surface area contributed by atoms with Crippen molar-refractivity contribution < 1.29 is 13.2 Å². The molecule has 0 spiro atoms. The van der Waals surface area contributed by atoms with E-state index in [0.717, 1.165) is 10.6 Å². The normalized spacial score (nSPS) is 12.5. The van der Waals surface area contributed by atoms with E-state index >= 15 is 0 Å². The molecular weight excluding hydrogens is 371 g/mol. The number of amides is 1. The van der Waals surface area contributed by atoms with Gasteiger partial charge in [0.15, 0.2) is 0 Å². The lowest BCUT2D eigenvalue weighted by Gasteiger charge is -2.28. The number of nitrogens with zero attached hydrogens (tertiary/aromatic N) is 1. The summed E-state index contributed by atoms with van der Waals surface area (Å²) in [4.78, 5) is 12.5. The summed E-state index contributed by atoms with van der Waals surface area (Å²) in [6.45, 7) is 1.49. The molecule has 0 aliphatic heterocycles. The predicted molar refractivity (Wildman–Crippen MR) is 98.3 cm³/mol. The number of carbonyl (C=O) groups excluding carboxylic acids is 1. The van der Waals surface area contributed by atoms with Gasteiger partial charge in [0.1, 0.15) is 6.04 Å². The molecule has 0 aliphatic carbocycles. The average molecular weight is 387 g/mol. The maximum absolute atomic E-state index is 12.5. The molecule has 1 N–H and O–H groups in total. The van der Waals surface area contributed by atoms with Gasteiger partial charge >= 0.3 is 0 Å². The standard InChI is InChI=1S/C16H16Cl2N2O3S/c1-11(16(21)19-15-13(17)9-6-10-14(15)18)20(24(2,22)23)12-7-4-3-5-8-12/h3-11H,1-2H3,(H,19,21)/t11-/m0/s1. The Bertz CT molecular complexity index is 821. The predicted octanol–water partition coefficient (Wildman–Crippen LogP) is 3.79. The first-order valence-corrected chi connectivity index (χ1v) is 9.61. The van der Waals surface area contributed by atoms with Gasteiger partial charge < -0.3 is 5.32 Å². The summed E-state index contributed by atoms with van der Waals surface area (Å²) >= 11 is 12.1. The third-order valence-electron chi connectivity index (χ3n) is 3.31. The highest BCUT2D eigenvalue weighted by molar-refractivity contribution is 7.92. The molecule has 1 amide bonds. The summed E-state index contributed by atoms with van der Waals surface area (Å²) in [6.07, 6.45) is 1.05. The summed E-state index contributed by atoms with van der Waals surface area (Å²) in [5.74, 6) is -0.542. The number of benzene rings is 2. The fraction of sp³-hybridized carbons (Fsp3) is 0.188. The lowest BCUT2D eigenvalue weighted by atomic mass is 10.2. The van der Waals surface area contributed by atoms with Gasteiger partial charge in [-0.25, -0.2) is 8.42 Å². The topological polar surface area (TPSA) is 66.5 Å². The fourth-order valence-electron chi connectivity index (χ4n) is 2.23. The first-order chi connectivity index (χ1) is 11.2. The molecule has 1 atom stereocenters. The first kappa shape index (κ1) is 18.6. The van der Waals surface area contributed by atoms with Gasteiger partial charge in [0, 0.05) is 0 Å². The van der Waals surface area contributed by atoms with Crippen LogP contribution in [0, 0.1) is 0 Å². The Morgan fingerprint density at radius 1 is 1.04 bits per heavy atom. The molecule has 5 nitrogen and oxygen atoms in total. The molecule has 0 aromatic heterocycles. The van der Waals surface area contributed by atoms with Crippen molar-refractivity contribution in [2.24, 2.45) is 0 Å².